The Morgan fingerprint density at radius 1 is 0.596 bits per heavy atom. The Morgan fingerprint density at radius 3 is 1.60 bits per heavy atom. The Bertz CT molecular complexity index is 996. The monoisotopic (exact) mass is 754 g/mol. The van der Waals surface area contributed by atoms with Crippen LogP contribution in [0.25, 0.3) is 0 Å². The number of hydrogen-bond acceptors (Lipinski definition) is 8. The highest BCUT2D eigenvalue weighted by atomic mass is 31.2. The molecule has 9 nitrogen and oxygen atoms in total. The highest BCUT2D eigenvalue weighted by molar-refractivity contribution is 7.47. The molecule has 2 unspecified atom stereocenters. The molecule has 0 aromatic carbocycles. The van der Waals surface area contributed by atoms with Crippen molar-refractivity contribution in [2.45, 2.75) is 180 Å². The molecule has 0 bridgehead atoms. The minimum Gasteiger partial charge on any atom is -0.462 e. The van der Waals surface area contributed by atoms with E-state index in [-0.39, 0.29) is 32.6 Å². The zero-order chi connectivity index (χ0) is 38.2. The second kappa shape index (κ2) is 38.7. The number of hydrogen-bond donors (Lipinski definition) is 2. The molecule has 0 amide bonds. The Morgan fingerprint density at radius 2 is 1.06 bits per heavy atom. The number of unbranched alkanes of at least 4 members (excludes halogenated alkanes) is 17. The molecule has 3 N–H and O–H groups in total. The van der Waals surface area contributed by atoms with E-state index in [0.29, 0.717) is 6.42 Å². The summed E-state index contributed by atoms with van der Waals surface area (Å²) in [5, 5.41) is 0. The van der Waals surface area contributed by atoms with Gasteiger partial charge in [-0.15, -0.1) is 0 Å². The predicted octanol–water partition coefficient (Wildman–Crippen LogP) is 11.6. The fourth-order valence-corrected chi connectivity index (χ4v) is 6.17. The number of phosphoric acid groups is 1. The van der Waals surface area contributed by atoms with Gasteiger partial charge in [-0.1, -0.05) is 140 Å². The van der Waals surface area contributed by atoms with E-state index in [9.17, 15) is 19.0 Å². The van der Waals surface area contributed by atoms with Gasteiger partial charge in [0.25, 0.3) is 0 Å². The van der Waals surface area contributed by atoms with Crippen molar-refractivity contribution in [3.63, 3.8) is 0 Å². The first-order valence-corrected chi connectivity index (χ1v) is 22.1. The molecule has 0 saturated carbocycles. The van der Waals surface area contributed by atoms with Crippen molar-refractivity contribution in [2.75, 3.05) is 26.4 Å². The van der Waals surface area contributed by atoms with Crippen LogP contribution in [0.15, 0.2) is 48.6 Å². The quantitative estimate of drug-likeness (QED) is 0.0273. The van der Waals surface area contributed by atoms with Crippen molar-refractivity contribution < 1.29 is 37.6 Å². The van der Waals surface area contributed by atoms with Gasteiger partial charge in [-0.3, -0.25) is 18.6 Å². The lowest BCUT2D eigenvalue weighted by molar-refractivity contribution is -0.161. The predicted molar refractivity (Wildman–Crippen MR) is 215 cm³/mol. The molecule has 0 radical (unpaired) electrons. The number of nitrogens with two attached hydrogens (primary N) is 1. The largest absolute Gasteiger partial charge is 0.472 e. The summed E-state index contributed by atoms with van der Waals surface area (Å²) in [7, 11) is -4.38. The van der Waals surface area contributed by atoms with Gasteiger partial charge in [-0.25, -0.2) is 4.57 Å². The van der Waals surface area contributed by atoms with Crippen molar-refractivity contribution in [1.82, 2.24) is 0 Å². The fourth-order valence-electron chi connectivity index (χ4n) is 5.41. The molecule has 0 aliphatic rings. The minimum atomic E-state index is -4.38. The molecule has 0 heterocycles. The Hall–Kier alpha value is -2.03. The first-order valence-electron chi connectivity index (χ1n) is 20.6. The highest BCUT2D eigenvalue weighted by Gasteiger charge is 2.26. The Kier molecular flexibility index (Phi) is 37.2. The second-order valence-electron chi connectivity index (χ2n) is 13.5. The van der Waals surface area contributed by atoms with Gasteiger partial charge in [-0.05, 0) is 70.6 Å². The first-order chi connectivity index (χ1) is 25.3. The summed E-state index contributed by atoms with van der Waals surface area (Å²) < 4.78 is 32.7. The second-order valence-corrected chi connectivity index (χ2v) is 14.9. The molecular formula is C42H76NO8P. The smallest absolute Gasteiger partial charge is 0.462 e. The van der Waals surface area contributed by atoms with E-state index in [1.54, 1.807) is 0 Å². The van der Waals surface area contributed by atoms with Gasteiger partial charge in [-0.2, -0.15) is 0 Å². The summed E-state index contributed by atoms with van der Waals surface area (Å²) in [5.74, 6) is -0.852. The summed E-state index contributed by atoms with van der Waals surface area (Å²) >= 11 is 0. The maximum Gasteiger partial charge on any atom is 0.472 e. The third-order valence-corrected chi connectivity index (χ3v) is 9.43. The number of phosphoric ester groups is 1. The highest BCUT2D eigenvalue weighted by Crippen LogP contribution is 2.43. The lowest BCUT2D eigenvalue weighted by Crippen LogP contribution is -2.29. The van der Waals surface area contributed by atoms with Crippen LogP contribution < -0.4 is 5.73 Å². The molecular weight excluding hydrogens is 677 g/mol. The molecule has 0 aromatic heterocycles. The molecule has 0 saturated heterocycles. The molecule has 0 rings (SSSR count). The number of esters is 2. The van der Waals surface area contributed by atoms with E-state index in [2.05, 4.69) is 62.5 Å². The lowest BCUT2D eigenvalue weighted by Gasteiger charge is -2.19. The van der Waals surface area contributed by atoms with Crippen LogP contribution in [0.1, 0.15) is 174 Å². The Labute approximate surface area is 317 Å². The molecule has 52 heavy (non-hydrogen) atoms. The van der Waals surface area contributed by atoms with E-state index < -0.39 is 32.5 Å². The molecule has 0 aliphatic heterocycles. The Balaban J connectivity index is 4.21. The first kappa shape index (κ1) is 50.0. The summed E-state index contributed by atoms with van der Waals surface area (Å²) in [5.41, 5.74) is 5.34. The minimum absolute atomic E-state index is 0.0490. The number of ether oxygens (including phenoxy) is 2. The third-order valence-electron chi connectivity index (χ3n) is 8.45. The topological polar surface area (TPSA) is 134 Å². The van der Waals surface area contributed by atoms with E-state index in [1.807, 2.05) is 0 Å². The van der Waals surface area contributed by atoms with Crippen molar-refractivity contribution >= 4 is 19.8 Å². The van der Waals surface area contributed by atoms with Crippen LogP contribution in [0.5, 0.6) is 0 Å². The maximum atomic E-state index is 12.6. The summed E-state index contributed by atoms with van der Waals surface area (Å²) in [6, 6.07) is 0. The van der Waals surface area contributed by atoms with Gasteiger partial charge in [0.1, 0.15) is 6.61 Å². The summed E-state index contributed by atoms with van der Waals surface area (Å²) in [4.78, 5) is 34.8. The van der Waals surface area contributed by atoms with Crippen molar-refractivity contribution in [1.29, 1.82) is 0 Å². The molecule has 302 valence electrons. The van der Waals surface area contributed by atoms with Crippen molar-refractivity contribution in [3.8, 4) is 0 Å². The number of carbonyl (C=O) groups excluding carboxylic acids is 2. The van der Waals surface area contributed by atoms with Gasteiger partial charge in [0.05, 0.1) is 13.2 Å². The third kappa shape index (κ3) is 37.7. The van der Waals surface area contributed by atoms with E-state index >= 15 is 0 Å². The van der Waals surface area contributed by atoms with E-state index in [1.165, 1.54) is 57.8 Å². The number of allylic oxidation sites excluding steroid dienone is 8. The van der Waals surface area contributed by atoms with Crippen LogP contribution in [0.3, 0.4) is 0 Å². The van der Waals surface area contributed by atoms with Gasteiger partial charge < -0.3 is 20.1 Å². The fraction of sp³-hybridized carbons (Fsp3) is 0.762. The van der Waals surface area contributed by atoms with Crippen LogP contribution in [-0.4, -0.2) is 49.3 Å². The van der Waals surface area contributed by atoms with Gasteiger partial charge in [0, 0.05) is 19.4 Å². The molecule has 0 aromatic rings. The SMILES string of the molecule is CC/C=C\C/C=C\C/C=C\CCCCCCCCCC(=O)OC(COC(=O)CCCCCCC/C=C\CCCCCCC)COP(=O)(O)OCCN. The van der Waals surface area contributed by atoms with E-state index in [4.69, 9.17) is 24.3 Å². The van der Waals surface area contributed by atoms with Crippen molar-refractivity contribution in [2.24, 2.45) is 5.73 Å². The van der Waals surface area contributed by atoms with Crippen LogP contribution in [0, 0.1) is 0 Å². The standard InChI is InChI=1S/C42H76NO8P/c1-3-5-7-9-11-13-15-17-19-20-21-23-25-27-29-31-33-35-42(45)51-40(39-50-52(46,47)49-37-36-43)38-48-41(44)34-32-30-28-26-24-22-18-16-14-12-10-8-6-4-2/h5,7,11,13,16-19,40H,3-4,6,8-10,12,14-15,20-39,43H2,1-2H3,(H,46,47)/b7-5-,13-11-,18-16-,19-17-. The number of carbonyl (C=O) groups is 2. The molecule has 10 heteroatoms. The van der Waals surface area contributed by atoms with Crippen LogP contribution in [0.2, 0.25) is 0 Å². The zero-order valence-corrected chi connectivity index (χ0v) is 33.9. The van der Waals surface area contributed by atoms with Crippen LogP contribution in [0.4, 0.5) is 0 Å². The molecule has 2 atom stereocenters. The van der Waals surface area contributed by atoms with Crippen LogP contribution >= 0.6 is 7.82 Å². The van der Waals surface area contributed by atoms with Crippen LogP contribution in [-0.2, 0) is 32.7 Å². The molecule has 0 aliphatic carbocycles. The zero-order valence-electron chi connectivity index (χ0n) is 33.0. The van der Waals surface area contributed by atoms with Gasteiger partial charge in [0.2, 0.25) is 0 Å². The van der Waals surface area contributed by atoms with Gasteiger partial charge in [0.15, 0.2) is 6.10 Å². The average molecular weight is 754 g/mol. The normalized spacial score (nSPS) is 13.8. The lowest BCUT2D eigenvalue weighted by atomic mass is 10.1. The summed E-state index contributed by atoms with van der Waals surface area (Å²) in [6.07, 6.45) is 42.8. The maximum absolute atomic E-state index is 12.6. The molecule has 0 fully saturated rings. The molecule has 0 spiro atoms. The van der Waals surface area contributed by atoms with Crippen molar-refractivity contribution in [3.05, 3.63) is 48.6 Å². The average Bonchev–Trinajstić information content (AvgIpc) is 3.13. The summed E-state index contributed by atoms with van der Waals surface area (Å²) in [6.45, 7) is 3.58. The number of rotatable bonds is 38. The van der Waals surface area contributed by atoms with Gasteiger partial charge >= 0.3 is 19.8 Å². The van der Waals surface area contributed by atoms with E-state index in [0.717, 1.165) is 83.5 Å².